The number of rotatable bonds is 5. The first-order chi connectivity index (χ1) is 6.28. The van der Waals surface area contributed by atoms with E-state index >= 15 is 0 Å². The van der Waals surface area contributed by atoms with E-state index in [4.69, 9.17) is 9.94 Å². The summed E-state index contributed by atoms with van der Waals surface area (Å²) in [6.07, 6.45) is 0.803. The molecule has 84 valence electrons. The molecule has 0 bridgehead atoms. The number of carbonyl (C=O) groups is 1. The molecule has 0 spiro atoms. The fraction of sp³-hybridized carbons (Fsp3) is 0.900. The van der Waals surface area contributed by atoms with E-state index in [0.29, 0.717) is 0 Å². The molecule has 0 aliphatic rings. The number of hydrogen-bond donors (Lipinski definition) is 2. The Morgan fingerprint density at radius 1 is 1.50 bits per heavy atom. The Kier molecular flexibility index (Phi) is 5.08. The zero-order valence-corrected chi connectivity index (χ0v) is 9.63. The molecule has 0 aromatic heterocycles. The van der Waals surface area contributed by atoms with Crippen LogP contribution in [0.2, 0.25) is 0 Å². The largest absolute Gasteiger partial charge is 0.480 e. The molecule has 14 heavy (non-hydrogen) atoms. The van der Waals surface area contributed by atoms with E-state index in [1.807, 2.05) is 34.6 Å². The summed E-state index contributed by atoms with van der Waals surface area (Å²) in [7, 11) is 0. The van der Waals surface area contributed by atoms with E-state index in [1.54, 1.807) is 0 Å². The number of aliphatic carboxylic acids is 1. The Morgan fingerprint density at radius 2 is 2.00 bits per heavy atom. The van der Waals surface area contributed by atoms with E-state index in [-0.39, 0.29) is 11.5 Å². The highest BCUT2D eigenvalue weighted by Gasteiger charge is 2.25. The number of hydrogen-bond acceptors (Lipinski definition) is 3. The maximum absolute atomic E-state index is 10.9. The first kappa shape index (κ1) is 13.4. The molecule has 2 atom stereocenters. The summed E-state index contributed by atoms with van der Waals surface area (Å²) in [5, 5.41) is 8.93. The van der Waals surface area contributed by atoms with Gasteiger partial charge in [0, 0.05) is 0 Å². The lowest BCUT2D eigenvalue weighted by molar-refractivity contribution is -0.153. The van der Waals surface area contributed by atoms with Gasteiger partial charge in [0.15, 0.2) is 0 Å². The summed E-state index contributed by atoms with van der Waals surface area (Å²) in [6.45, 7) is 9.46. The predicted octanol–water partition coefficient (Wildman–Crippen LogP) is 1.81. The van der Waals surface area contributed by atoms with Gasteiger partial charge in [0.05, 0.1) is 5.60 Å². The SMILES string of the molecule is CCC(C)C(NOC(C)(C)C)C(=O)O. The number of nitrogens with one attached hydrogen (secondary N) is 1. The molecule has 4 heteroatoms. The van der Waals surface area contributed by atoms with Gasteiger partial charge in [-0.05, 0) is 26.7 Å². The van der Waals surface area contributed by atoms with Crippen LogP contribution in [0.3, 0.4) is 0 Å². The van der Waals surface area contributed by atoms with Gasteiger partial charge in [-0.3, -0.25) is 9.63 Å². The quantitative estimate of drug-likeness (QED) is 0.669. The smallest absolute Gasteiger partial charge is 0.323 e. The molecule has 0 aromatic carbocycles. The van der Waals surface area contributed by atoms with Gasteiger partial charge in [-0.2, -0.15) is 5.48 Å². The number of carboxylic acids is 1. The minimum atomic E-state index is -0.872. The van der Waals surface area contributed by atoms with Crippen LogP contribution in [0, 0.1) is 5.92 Å². The summed E-state index contributed by atoms with van der Waals surface area (Å²) < 4.78 is 0. The molecule has 4 nitrogen and oxygen atoms in total. The van der Waals surface area contributed by atoms with E-state index < -0.39 is 12.0 Å². The van der Waals surface area contributed by atoms with Crippen molar-refractivity contribution in [2.24, 2.45) is 5.92 Å². The Morgan fingerprint density at radius 3 is 2.29 bits per heavy atom. The van der Waals surface area contributed by atoms with Gasteiger partial charge in [0.25, 0.3) is 0 Å². The zero-order valence-electron chi connectivity index (χ0n) is 9.63. The van der Waals surface area contributed by atoms with Crippen LogP contribution >= 0.6 is 0 Å². The number of hydroxylamine groups is 1. The van der Waals surface area contributed by atoms with Crippen LogP contribution < -0.4 is 5.48 Å². The minimum absolute atomic E-state index is 0.0508. The highest BCUT2D eigenvalue weighted by molar-refractivity contribution is 5.73. The Bertz CT molecular complexity index is 186. The molecule has 0 amide bonds. The van der Waals surface area contributed by atoms with E-state index in [9.17, 15) is 4.79 Å². The van der Waals surface area contributed by atoms with Crippen LogP contribution in [-0.4, -0.2) is 22.7 Å². The molecule has 0 saturated heterocycles. The Labute approximate surface area is 85.6 Å². The number of carboxylic acid groups (broad SMARTS) is 1. The first-order valence-corrected chi connectivity index (χ1v) is 4.94. The highest BCUT2D eigenvalue weighted by atomic mass is 16.7. The molecule has 0 aliphatic carbocycles. The molecule has 0 rings (SSSR count). The topological polar surface area (TPSA) is 58.6 Å². The molecule has 0 aromatic rings. The van der Waals surface area contributed by atoms with Gasteiger partial charge in [-0.15, -0.1) is 0 Å². The van der Waals surface area contributed by atoms with Crippen LogP contribution in [0.15, 0.2) is 0 Å². The van der Waals surface area contributed by atoms with Gasteiger partial charge in [0.2, 0.25) is 0 Å². The highest BCUT2D eigenvalue weighted by Crippen LogP contribution is 2.11. The maximum Gasteiger partial charge on any atom is 0.323 e. The van der Waals surface area contributed by atoms with Crippen molar-refractivity contribution in [3.05, 3.63) is 0 Å². The molecular formula is C10H21NO3. The third-order valence-electron chi connectivity index (χ3n) is 1.97. The van der Waals surface area contributed by atoms with Crippen molar-refractivity contribution in [1.82, 2.24) is 5.48 Å². The molecule has 2 N–H and O–H groups in total. The summed E-state index contributed by atoms with van der Waals surface area (Å²) in [4.78, 5) is 16.1. The van der Waals surface area contributed by atoms with Crippen molar-refractivity contribution >= 4 is 5.97 Å². The van der Waals surface area contributed by atoms with Gasteiger partial charge < -0.3 is 5.11 Å². The average Bonchev–Trinajstić information content (AvgIpc) is 2.01. The summed E-state index contributed by atoms with van der Waals surface area (Å²) in [5.41, 5.74) is 2.24. The minimum Gasteiger partial charge on any atom is -0.480 e. The van der Waals surface area contributed by atoms with E-state index in [2.05, 4.69) is 5.48 Å². The van der Waals surface area contributed by atoms with Crippen molar-refractivity contribution in [3.63, 3.8) is 0 Å². The summed E-state index contributed by atoms with van der Waals surface area (Å²) >= 11 is 0. The van der Waals surface area contributed by atoms with Crippen molar-refractivity contribution in [3.8, 4) is 0 Å². The molecule has 0 saturated carbocycles. The summed E-state index contributed by atoms with van der Waals surface area (Å²) in [5.74, 6) is -0.821. The second kappa shape index (κ2) is 5.32. The molecule has 2 unspecified atom stereocenters. The lowest BCUT2D eigenvalue weighted by atomic mass is 10.0. The first-order valence-electron chi connectivity index (χ1n) is 4.94. The second-order valence-electron chi connectivity index (χ2n) is 4.53. The van der Waals surface area contributed by atoms with Crippen LogP contribution in [-0.2, 0) is 9.63 Å². The molecule has 0 aliphatic heterocycles. The van der Waals surface area contributed by atoms with E-state index in [0.717, 1.165) is 6.42 Å². The van der Waals surface area contributed by atoms with Crippen LogP contribution in [0.5, 0.6) is 0 Å². The third-order valence-corrected chi connectivity index (χ3v) is 1.97. The van der Waals surface area contributed by atoms with Gasteiger partial charge in [0.1, 0.15) is 6.04 Å². The second-order valence-corrected chi connectivity index (χ2v) is 4.53. The van der Waals surface area contributed by atoms with Crippen LogP contribution in [0.1, 0.15) is 41.0 Å². The van der Waals surface area contributed by atoms with E-state index in [1.165, 1.54) is 0 Å². The molecule has 0 fully saturated rings. The van der Waals surface area contributed by atoms with Crippen molar-refractivity contribution in [1.29, 1.82) is 0 Å². The molecule has 0 radical (unpaired) electrons. The monoisotopic (exact) mass is 203 g/mol. The van der Waals surface area contributed by atoms with Gasteiger partial charge >= 0.3 is 5.97 Å². The van der Waals surface area contributed by atoms with Crippen molar-refractivity contribution < 1.29 is 14.7 Å². The Hall–Kier alpha value is -0.610. The molecule has 0 heterocycles. The average molecular weight is 203 g/mol. The normalized spacial score (nSPS) is 16.4. The zero-order chi connectivity index (χ0) is 11.4. The van der Waals surface area contributed by atoms with Crippen molar-refractivity contribution in [2.45, 2.75) is 52.7 Å². The standard InChI is InChI=1S/C10H21NO3/c1-6-7(2)8(9(12)13)11-14-10(3,4)5/h7-8,11H,6H2,1-5H3,(H,12,13). The fourth-order valence-corrected chi connectivity index (χ4v) is 0.886. The Balaban J connectivity index is 4.18. The maximum atomic E-state index is 10.9. The fourth-order valence-electron chi connectivity index (χ4n) is 0.886. The lowest BCUT2D eigenvalue weighted by Gasteiger charge is -2.25. The van der Waals surface area contributed by atoms with Gasteiger partial charge in [-0.1, -0.05) is 20.3 Å². The molecular weight excluding hydrogens is 182 g/mol. The summed E-state index contributed by atoms with van der Waals surface area (Å²) in [6, 6.07) is -0.640. The third kappa shape index (κ3) is 5.19. The van der Waals surface area contributed by atoms with Crippen molar-refractivity contribution in [2.75, 3.05) is 0 Å². The lowest BCUT2D eigenvalue weighted by Crippen LogP contribution is -2.45. The predicted molar refractivity (Wildman–Crippen MR) is 54.9 cm³/mol. The van der Waals surface area contributed by atoms with Gasteiger partial charge in [-0.25, -0.2) is 0 Å². The van der Waals surface area contributed by atoms with Crippen LogP contribution in [0.4, 0.5) is 0 Å². The van der Waals surface area contributed by atoms with Crippen LogP contribution in [0.25, 0.3) is 0 Å².